The molecule has 0 atom stereocenters. The summed E-state index contributed by atoms with van der Waals surface area (Å²) in [4.78, 5) is 29.1. The summed E-state index contributed by atoms with van der Waals surface area (Å²) in [6.07, 6.45) is 4.80. The molecule has 0 saturated heterocycles. The van der Waals surface area contributed by atoms with Crippen LogP contribution < -0.4 is 9.80 Å². The van der Waals surface area contributed by atoms with Crippen LogP contribution in [0.2, 0.25) is 0 Å². The SMILES string of the molecule is CCN(CC)c1ccc(/C=C(\C#N)C(=O)OCCCCCOC(=O)/C(C#N)=C/c2ccc(N(CC)CC)cc2)cc1. The van der Waals surface area contributed by atoms with Crippen LogP contribution in [0.3, 0.4) is 0 Å². The molecule has 2 aromatic carbocycles. The summed E-state index contributed by atoms with van der Waals surface area (Å²) in [5.74, 6) is -1.33. The smallest absolute Gasteiger partial charge is 0.348 e. The van der Waals surface area contributed by atoms with Gasteiger partial charge < -0.3 is 19.3 Å². The molecule has 0 unspecified atom stereocenters. The Morgan fingerprint density at radius 1 is 0.634 bits per heavy atom. The minimum atomic E-state index is -0.666. The Bertz CT molecular complexity index is 1160. The average Bonchev–Trinajstić information content (AvgIpc) is 3.00. The van der Waals surface area contributed by atoms with Gasteiger partial charge in [0, 0.05) is 37.6 Å². The van der Waals surface area contributed by atoms with Gasteiger partial charge in [0.25, 0.3) is 0 Å². The molecule has 0 saturated carbocycles. The fraction of sp³-hybridized carbons (Fsp3) is 0.394. The lowest BCUT2D eigenvalue weighted by Crippen LogP contribution is -2.21. The largest absolute Gasteiger partial charge is 0.462 e. The van der Waals surface area contributed by atoms with Crippen molar-refractivity contribution in [3.05, 3.63) is 70.8 Å². The zero-order valence-corrected chi connectivity index (χ0v) is 24.6. The van der Waals surface area contributed by atoms with Crippen LogP contribution in [-0.2, 0) is 19.1 Å². The first-order chi connectivity index (χ1) is 19.9. The number of anilines is 2. The lowest BCUT2D eigenvalue weighted by Gasteiger charge is -2.20. The van der Waals surface area contributed by atoms with E-state index in [-0.39, 0.29) is 24.4 Å². The zero-order valence-electron chi connectivity index (χ0n) is 24.6. The van der Waals surface area contributed by atoms with Crippen molar-refractivity contribution in [1.82, 2.24) is 0 Å². The standard InChI is InChI=1S/C33H40N4O4/c1-5-36(6-2)30-16-12-26(13-17-30)22-28(24-34)32(38)40-20-10-9-11-21-41-33(39)29(25-35)23-27-14-18-31(19-15-27)37(7-3)8-4/h12-19,22-23H,5-11,20-21H2,1-4H3/b28-22+,29-23+. The zero-order chi connectivity index (χ0) is 30.0. The van der Waals surface area contributed by atoms with Crippen molar-refractivity contribution in [2.45, 2.75) is 47.0 Å². The van der Waals surface area contributed by atoms with Gasteiger partial charge in [-0.05, 0) is 94.5 Å². The van der Waals surface area contributed by atoms with Crippen molar-refractivity contribution in [2.75, 3.05) is 49.2 Å². The Balaban J connectivity index is 1.75. The van der Waals surface area contributed by atoms with Crippen molar-refractivity contribution in [1.29, 1.82) is 10.5 Å². The van der Waals surface area contributed by atoms with Crippen LogP contribution in [0.5, 0.6) is 0 Å². The van der Waals surface area contributed by atoms with Gasteiger partial charge in [-0.1, -0.05) is 24.3 Å². The van der Waals surface area contributed by atoms with E-state index in [1.165, 1.54) is 12.2 Å². The van der Waals surface area contributed by atoms with Crippen LogP contribution in [-0.4, -0.2) is 51.3 Å². The molecule has 0 radical (unpaired) electrons. The third-order valence-electron chi connectivity index (χ3n) is 6.60. The molecule has 8 heteroatoms. The molecule has 0 spiro atoms. The maximum Gasteiger partial charge on any atom is 0.348 e. The normalized spacial score (nSPS) is 11.3. The Morgan fingerprint density at radius 3 is 1.27 bits per heavy atom. The van der Waals surface area contributed by atoms with Gasteiger partial charge >= 0.3 is 11.9 Å². The minimum Gasteiger partial charge on any atom is -0.462 e. The van der Waals surface area contributed by atoms with Crippen molar-refractivity contribution in [3.8, 4) is 12.1 Å². The second-order valence-electron chi connectivity index (χ2n) is 9.20. The number of carbonyl (C=O) groups excluding carboxylic acids is 2. The highest BCUT2D eigenvalue weighted by Gasteiger charge is 2.13. The highest BCUT2D eigenvalue weighted by Crippen LogP contribution is 2.18. The van der Waals surface area contributed by atoms with Crippen LogP contribution in [0.15, 0.2) is 59.7 Å². The van der Waals surface area contributed by atoms with Crippen LogP contribution >= 0.6 is 0 Å². The number of carbonyl (C=O) groups is 2. The van der Waals surface area contributed by atoms with E-state index in [9.17, 15) is 20.1 Å². The lowest BCUT2D eigenvalue weighted by molar-refractivity contribution is -0.138. The molecule has 2 rings (SSSR count). The van der Waals surface area contributed by atoms with E-state index in [1.54, 1.807) is 0 Å². The first-order valence-corrected chi connectivity index (χ1v) is 14.2. The third kappa shape index (κ3) is 10.5. The summed E-state index contributed by atoms with van der Waals surface area (Å²) in [6.45, 7) is 12.2. The number of benzene rings is 2. The molecule has 41 heavy (non-hydrogen) atoms. The molecule has 0 fully saturated rings. The summed E-state index contributed by atoms with van der Waals surface area (Å²) in [7, 11) is 0. The molecule has 0 N–H and O–H groups in total. The van der Waals surface area contributed by atoms with Crippen LogP contribution in [0.1, 0.15) is 58.1 Å². The molecular weight excluding hydrogens is 516 g/mol. The Hall–Kier alpha value is -4.56. The number of nitrogens with zero attached hydrogens (tertiary/aromatic N) is 4. The van der Waals surface area contributed by atoms with Crippen LogP contribution in [0, 0.1) is 22.7 Å². The fourth-order valence-electron chi connectivity index (χ4n) is 4.21. The van der Waals surface area contributed by atoms with Crippen molar-refractivity contribution in [2.24, 2.45) is 0 Å². The van der Waals surface area contributed by atoms with Gasteiger partial charge in [-0.25, -0.2) is 9.59 Å². The summed E-state index contributed by atoms with van der Waals surface area (Å²) in [5.41, 5.74) is 3.54. The maximum atomic E-state index is 12.3. The summed E-state index contributed by atoms with van der Waals surface area (Å²) < 4.78 is 10.5. The van der Waals surface area contributed by atoms with E-state index in [0.717, 1.165) is 48.7 Å². The highest BCUT2D eigenvalue weighted by molar-refractivity contribution is 5.98. The number of unbranched alkanes of at least 4 members (excludes halogenated alkanes) is 2. The van der Waals surface area contributed by atoms with E-state index < -0.39 is 11.9 Å². The Labute approximate surface area is 244 Å². The Morgan fingerprint density at radius 2 is 0.976 bits per heavy atom. The van der Waals surface area contributed by atoms with Gasteiger partial charge in [-0.15, -0.1) is 0 Å². The number of rotatable bonds is 16. The number of esters is 2. The molecule has 0 amide bonds. The van der Waals surface area contributed by atoms with E-state index in [4.69, 9.17) is 9.47 Å². The molecule has 0 aliphatic carbocycles. The van der Waals surface area contributed by atoms with E-state index in [0.29, 0.717) is 19.3 Å². The highest BCUT2D eigenvalue weighted by atomic mass is 16.5. The van der Waals surface area contributed by atoms with Gasteiger partial charge in [0.2, 0.25) is 0 Å². The number of ether oxygens (including phenoxy) is 2. The predicted molar refractivity (Wildman–Crippen MR) is 163 cm³/mol. The van der Waals surface area contributed by atoms with Crippen molar-refractivity contribution in [3.63, 3.8) is 0 Å². The monoisotopic (exact) mass is 556 g/mol. The molecular formula is C33H40N4O4. The molecule has 0 heterocycles. The second-order valence-corrected chi connectivity index (χ2v) is 9.20. The number of hydrogen-bond acceptors (Lipinski definition) is 8. The molecule has 216 valence electrons. The molecule has 0 aliphatic heterocycles. The lowest BCUT2D eigenvalue weighted by atomic mass is 10.1. The number of nitriles is 2. The minimum absolute atomic E-state index is 0.0620. The van der Waals surface area contributed by atoms with Gasteiger partial charge in [0.15, 0.2) is 0 Å². The fourth-order valence-corrected chi connectivity index (χ4v) is 4.21. The van der Waals surface area contributed by atoms with Gasteiger partial charge in [-0.3, -0.25) is 0 Å². The summed E-state index contributed by atoms with van der Waals surface area (Å²) >= 11 is 0. The van der Waals surface area contributed by atoms with Crippen molar-refractivity contribution >= 4 is 35.5 Å². The molecule has 0 bridgehead atoms. The van der Waals surface area contributed by atoms with E-state index >= 15 is 0 Å². The summed E-state index contributed by atoms with van der Waals surface area (Å²) in [6, 6.07) is 19.2. The second kappa shape index (κ2) is 17.9. The number of hydrogen-bond donors (Lipinski definition) is 0. The first kappa shape index (κ1) is 32.7. The first-order valence-electron chi connectivity index (χ1n) is 14.2. The van der Waals surface area contributed by atoms with Gasteiger partial charge in [0.1, 0.15) is 23.3 Å². The third-order valence-corrected chi connectivity index (χ3v) is 6.60. The van der Waals surface area contributed by atoms with Crippen LogP contribution in [0.4, 0.5) is 11.4 Å². The summed E-state index contributed by atoms with van der Waals surface area (Å²) in [5, 5.41) is 18.8. The van der Waals surface area contributed by atoms with Gasteiger partial charge in [-0.2, -0.15) is 10.5 Å². The van der Waals surface area contributed by atoms with E-state index in [1.807, 2.05) is 60.7 Å². The molecule has 8 nitrogen and oxygen atoms in total. The van der Waals surface area contributed by atoms with Gasteiger partial charge in [0.05, 0.1) is 13.2 Å². The molecule has 0 aromatic heterocycles. The van der Waals surface area contributed by atoms with E-state index in [2.05, 4.69) is 37.5 Å². The quantitative estimate of drug-likeness (QED) is 0.105. The molecule has 0 aliphatic rings. The van der Waals surface area contributed by atoms with Crippen LogP contribution in [0.25, 0.3) is 12.2 Å². The predicted octanol–water partition coefficient (Wildman–Crippen LogP) is 6.15. The average molecular weight is 557 g/mol. The Kier molecular flexibility index (Phi) is 14.3. The molecule has 2 aromatic rings. The van der Waals surface area contributed by atoms with Crippen molar-refractivity contribution < 1.29 is 19.1 Å². The maximum absolute atomic E-state index is 12.3. The topological polar surface area (TPSA) is 107 Å².